The Morgan fingerprint density at radius 3 is 2.48 bits per heavy atom. The zero-order chi connectivity index (χ0) is 17.5. The SMILES string of the molecule is C=CC[C@@H](/C=C/c1ccccc1)N1C(=O)OC[C@@H]1Cc1ccccc1. The van der Waals surface area contributed by atoms with Crippen molar-refractivity contribution in [2.45, 2.75) is 24.9 Å². The van der Waals surface area contributed by atoms with Gasteiger partial charge in [0.1, 0.15) is 6.61 Å². The van der Waals surface area contributed by atoms with Crippen LogP contribution in [0.25, 0.3) is 6.08 Å². The molecule has 1 aliphatic heterocycles. The lowest BCUT2D eigenvalue weighted by Gasteiger charge is -2.28. The predicted octanol–water partition coefficient (Wildman–Crippen LogP) is 4.71. The Hall–Kier alpha value is -2.81. The Labute approximate surface area is 149 Å². The highest BCUT2D eigenvalue weighted by atomic mass is 16.6. The molecule has 25 heavy (non-hydrogen) atoms. The quantitative estimate of drug-likeness (QED) is 0.687. The number of carbonyl (C=O) groups excluding carboxylic acids is 1. The van der Waals surface area contributed by atoms with Gasteiger partial charge < -0.3 is 4.74 Å². The molecule has 3 heteroatoms. The minimum absolute atomic E-state index is 0.0419. The van der Waals surface area contributed by atoms with Gasteiger partial charge in [-0.1, -0.05) is 78.9 Å². The summed E-state index contributed by atoms with van der Waals surface area (Å²) in [6.45, 7) is 4.28. The highest BCUT2D eigenvalue weighted by Gasteiger charge is 2.36. The van der Waals surface area contributed by atoms with Crippen LogP contribution in [0.4, 0.5) is 4.79 Å². The number of benzene rings is 2. The molecule has 1 aliphatic rings. The van der Waals surface area contributed by atoms with E-state index in [1.54, 1.807) is 0 Å². The average molecular weight is 333 g/mol. The molecule has 2 aromatic rings. The second-order valence-electron chi connectivity index (χ2n) is 6.19. The fourth-order valence-electron chi connectivity index (χ4n) is 3.16. The van der Waals surface area contributed by atoms with E-state index >= 15 is 0 Å². The summed E-state index contributed by atoms with van der Waals surface area (Å²) in [6, 6.07) is 20.3. The summed E-state index contributed by atoms with van der Waals surface area (Å²) < 4.78 is 5.35. The first-order chi connectivity index (χ1) is 12.3. The van der Waals surface area contributed by atoms with Crippen molar-refractivity contribution in [3.63, 3.8) is 0 Å². The van der Waals surface area contributed by atoms with E-state index in [0.717, 1.165) is 12.0 Å². The Morgan fingerprint density at radius 2 is 1.80 bits per heavy atom. The number of hydrogen-bond donors (Lipinski definition) is 0. The molecule has 0 aliphatic carbocycles. The van der Waals surface area contributed by atoms with Crippen LogP contribution in [-0.4, -0.2) is 29.7 Å². The summed E-state index contributed by atoms with van der Waals surface area (Å²) in [7, 11) is 0. The van der Waals surface area contributed by atoms with Crippen LogP contribution >= 0.6 is 0 Å². The summed E-state index contributed by atoms with van der Waals surface area (Å²) in [4.78, 5) is 14.2. The van der Waals surface area contributed by atoms with Gasteiger partial charge in [-0.2, -0.15) is 0 Å². The van der Waals surface area contributed by atoms with Crippen LogP contribution in [-0.2, 0) is 11.2 Å². The van der Waals surface area contributed by atoms with Crippen LogP contribution in [0.15, 0.2) is 79.4 Å². The molecule has 128 valence electrons. The molecule has 3 nitrogen and oxygen atoms in total. The molecule has 3 rings (SSSR count). The molecule has 0 saturated carbocycles. The standard InChI is InChI=1S/C22H23NO2/c1-2-9-20(15-14-18-10-5-3-6-11-18)23-21(17-25-22(23)24)16-19-12-7-4-8-13-19/h2-8,10-15,20-21H,1,9,16-17H2/b15-14+/t20-,21-/m0/s1. The predicted molar refractivity (Wildman–Crippen MR) is 101 cm³/mol. The van der Waals surface area contributed by atoms with Crippen LogP contribution < -0.4 is 0 Å². The number of hydrogen-bond acceptors (Lipinski definition) is 2. The van der Waals surface area contributed by atoms with Gasteiger partial charge in [-0.05, 0) is 24.0 Å². The van der Waals surface area contributed by atoms with E-state index in [4.69, 9.17) is 4.74 Å². The number of amides is 1. The van der Waals surface area contributed by atoms with Crippen molar-refractivity contribution in [2.24, 2.45) is 0 Å². The van der Waals surface area contributed by atoms with Crippen molar-refractivity contribution in [3.8, 4) is 0 Å². The molecule has 1 fully saturated rings. The molecule has 0 unspecified atom stereocenters. The summed E-state index contributed by atoms with van der Waals surface area (Å²) in [5.74, 6) is 0. The fraction of sp³-hybridized carbons (Fsp3) is 0.227. The largest absolute Gasteiger partial charge is 0.447 e. The molecule has 0 bridgehead atoms. The molecule has 1 heterocycles. The van der Waals surface area contributed by atoms with Crippen molar-refractivity contribution in [3.05, 3.63) is 90.5 Å². The topological polar surface area (TPSA) is 29.5 Å². The van der Waals surface area contributed by atoms with Crippen LogP contribution in [0.3, 0.4) is 0 Å². The first kappa shape index (κ1) is 17.0. The molecule has 0 radical (unpaired) electrons. The van der Waals surface area contributed by atoms with E-state index in [1.165, 1.54) is 5.56 Å². The number of ether oxygens (including phenoxy) is 1. The number of cyclic esters (lactones) is 1. The first-order valence-corrected chi connectivity index (χ1v) is 8.61. The van der Waals surface area contributed by atoms with Gasteiger partial charge in [0.2, 0.25) is 0 Å². The molecular formula is C22H23NO2. The van der Waals surface area contributed by atoms with Crippen molar-refractivity contribution < 1.29 is 9.53 Å². The summed E-state index contributed by atoms with van der Waals surface area (Å²) >= 11 is 0. The molecule has 0 aromatic heterocycles. The maximum atomic E-state index is 12.3. The van der Waals surface area contributed by atoms with Crippen LogP contribution in [0.5, 0.6) is 0 Å². The average Bonchev–Trinajstić information content (AvgIpc) is 3.01. The summed E-state index contributed by atoms with van der Waals surface area (Å²) in [5, 5.41) is 0. The monoisotopic (exact) mass is 333 g/mol. The third-order valence-corrected chi connectivity index (χ3v) is 4.39. The molecule has 0 N–H and O–H groups in total. The Balaban J connectivity index is 1.78. The van der Waals surface area contributed by atoms with Gasteiger partial charge >= 0.3 is 6.09 Å². The summed E-state index contributed by atoms with van der Waals surface area (Å²) in [6.07, 6.45) is 7.22. The van der Waals surface area contributed by atoms with Gasteiger partial charge in [0.15, 0.2) is 0 Å². The van der Waals surface area contributed by atoms with E-state index in [-0.39, 0.29) is 18.2 Å². The van der Waals surface area contributed by atoms with E-state index < -0.39 is 0 Å². The second kappa shape index (κ2) is 8.34. The van der Waals surface area contributed by atoms with Crippen LogP contribution in [0.1, 0.15) is 17.5 Å². The van der Waals surface area contributed by atoms with Crippen molar-refractivity contribution in [1.82, 2.24) is 4.90 Å². The van der Waals surface area contributed by atoms with Gasteiger partial charge in [0.05, 0.1) is 12.1 Å². The smallest absolute Gasteiger partial charge is 0.410 e. The fourth-order valence-corrected chi connectivity index (χ4v) is 3.16. The normalized spacial score (nSPS) is 18.3. The molecule has 1 amide bonds. The van der Waals surface area contributed by atoms with Crippen molar-refractivity contribution in [1.29, 1.82) is 0 Å². The van der Waals surface area contributed by atoms with E-state index in [1.807, 2.05) is 59.5 Å². The second-order valence-corrected chi connectivity index (χ2v) is 6.19. The molecule has 1 saturated heterocycles. The van der Waals surface area contributed by atoms with Gasteiger partial charge in [0.25, 0.3) is 0 Å². The number of rotatable bonds is 7. The number of nitrogens with zero attached hydrogens (tertiary/aromatic N) is 1. The molecule has 2 atom stereocenters. The third-order valence-electron chi connectivity index (χ3n) is 4.39. The Bertz CT molecular complexity index is 724. The van der Waals surface area contributed by atoms with Gasteiger partial charge in [0, 0.05) is 0 Å². The zero-order valence-corrected chi connectivity index (χ0v) is 14.3. The van der Waals surface area contributed by atoms with Crippen LogP contribution in [0, 0.1) is 0 Å². The maximum absolute atomic E-state index is 12.3. The lowest BCUT2D eigenvalue weighted by molar-refractivity contribution is 0.151. The van der Waals surface area contributed by atoms with Gasteiger partial charge in [-0.25, -0.2) is 4.79 Å². The van der Waals surface area contributed by atoms with Gasteiger partial charge in [-0.15, -0.1) is 6.58 Å². The lowest BCUT2D eigenvalue weighted by Crippen LogP contribution is -2.42. The highest BCUT2D eigenvalue weighted by Crippen LogP contribution is 2.23. The van der Waals surface area contributed by atoms with E-state index in [9.17, 15) is 4.79 Å². The van der Waals surface area contributed by atoms with Crippen LogP contribution in [0.2, 0.25) is 0 Å². The Kier molecular flexibility index (Phi) is 5.68. The number of carbonyl (C=O) groups is 1. The third kappa shape index (κ3) is 4.38. The molecule has 2 aromatic carbocycles. The minimum atomic E-state index is -0.245. The minimum Gasteiger partial charge on any atom is -0.447 e. The zero-order valence-electron chi connectivity index (χ0n) is 14.3. The molecular weight excluding hydrogens is 310 g/mol. The summed E-state index contributed by atoms with van der Waals surface area (Å²) in [5.41, 5.74) is 2.32. The van der Waals surface area contributed by atoms with E-state index in [0.29, 0.717) is 13.0 Å². The Morgan fingerprint density at radius 1 is 1.12 bits per heavy atom. The van der Waals surface area contributed by atoms with Crippen molar-refractivity contribution in [2.75, 3.05) is 6.61 Å². The van der Waals surface area contributed by atoms with Crippen molar-refractivity contribution >= 4 is 12.2 Å². The van der Waals surface area contributed by atoms with Gasteiger partial charge in [-0.3, -0.25) is 4.90 Å². The first-order valence-electron chi connectivity index (χ1n) is 8.61. The maximum Gasteiger partial charge on any atom is 0.410 e. The van der Waals surface area contributed by atoms with E-state index in [2.05, 4.69) is 30.9 Å². The lowest BCUT2D eigenvalue weighted by atomic mass is 10.0. The molecule has 0 spiro atoms. The highest BCUT2D eigenvalue weighted by molar-refractivity contribution is 5.71.